The standard InChI is InChI=1S/C27H29N3O2S2/c1-6-12-29-18(4)14-21(19(29)5)23(31)16-34-27-28-25-24(26(32)30(27)13-7-2)22(15-33-25)20-10-8-17(3)9-11-20/h7-11,14-15H,2,6,12-13,16H2,1,3-5H3. The SMILES string of the molecule is C=CCn1c(SCC(=O)c2cc(C)n(CCC)c2C)nc2scc(-c3ccc(C)cc3)c2c1=O. The Morgan fingerprint density at radius 3 is 2.59 bits per heavy atom. The summed E-state index contributed by atoms with van der Waals surface area (Å²) in [5.41, 5.74) is 5.80. The van der Waals surface area contributed by atoms with Crippen LogP contribution in [-0.4, -0.2) is 25.7 Å². The molecule has 34 heavy (non-hydrogen) atoms. The summed E-state index contributed by atoms with van der Waals surface area (Å²) >= 11 is 2.78. The highest BCUT2D eigenvalue weighted by molar-refractivity contribution is 7.99. The lowest BCUT2D eigenvalue weighted by molar-refractivity contribution is 0.102. The van der Waals surface area contributed by atoms with Crippen molar-refractivity contribution in [2.45, 2.75) is 52.4 Å². The number of Topliss-reactive ketones (excluding diaryl/α,β-unsaturated/α-hetero) is 1. The fraction of sp³-hybridized carbons (Fsp3) is 0.296. The lowest BCUT2D eigenvalue weighted by Gasteiger charge is -2.11. The normalized spacial score (nSPS) is 11.3. The van der Waals surface area contributed by atoms with Gasteiger partial charge in [0.1, 0.15) is 4.83 Å². The molecule has 5 nitrogen and oxygen atoms in total. The first kappa shape index (κ1) is 24.2. The second-order valence-corrected chi connectivity index (χ2v) is 10.2. The average Bonchev–Trinajstić information content (AvgIpc) is 3.37. The van der Waals surface area contributed by atoms with E-state index in [2.05, 4.69) is 18.1 Å². The van der Waals surface area contributed by atoms with Gasteiger partial charge in [-0.3, -0.25) is 14.2 Å². The quantitative estimate of drug-likeness (QED) is 0.117. The molecule has 0 bridgehead atoms. The highest BCUT2D eigenvalue weighted by atomic mass is 32.2. The Kier molecular flexibility index (Phi) is 7.24. The molecule has 0 aliphatic carbocycles. The number of rotatable bonds is 9. The first-order valence-electron chi connectivity index (χ1n) is 11.4. The molecule has 176 valence electrons. The van der Waals surface area contributed by atoms with Gasteiger partial charge in [-0.2, -0.15) is 0 Å². The zero-order valence-corrected chi connectivity index (χ0v) is 21.7. The Morgan fingerprint density at radius 2 is 1.91 bits per heavy atom. The van der Waals surface area contributed by atoms with Crippen LogP contribution >= 0.6 is 23.1 Å². The van der Waals surface area contributed by atoms with Crippen molar-refractivity contribution in [3.8, 4) is 11.1 Å². The van der Waals surface area contributed by atoms with Crippen molar-refractivity contribution >= 4 is 39.1 Å². The predicted molar refractivity (Wildman–Crippen MR) is 144 cm³/mol. The molecule has 0 atom stereocenters. The first-order chi connectivity index (χ1) is 16.3. The molecule has 0 aliphatic heterocycles. The minimum Gasteiger partial charge on any atom is -0.348 e. The van der Waals surface area contributed by atoms with Crippen LogP contribution in [0.4, 0.5) is 0 Å². The van der Waals surface area contributed by atoms with Crippen LogP contribution in [0.3, 0.4) is 0 Å². The van der Waals surface area contributed by atoms with E-state index in [4.69, 9.17) is 4.98 Å². The minimum absolute atomic E-state index is 0.0477. The minimum atomic E-state index is -0.0993. The van der Waals surface area contributed by atoms with Crippen LogP contribution in [0.15, 0.2) is 58.3 Å². The van der Waals surface area contributed by atoms with E-state index in [0.717, 1.165) is 41.0 Å². The summed E-state index contributed by atoms with van der Waals surface area (Å²) in [5.74, 6) is 0.272. The second kappa shape index (κ2) is 10.2. The zero-order valence-electron chi connectivity index (χ0n) is 20.1. The van der Waals surface area contributed by atoms with Gasteiger partial charge in [0, 0.05) is 41.0 Å². The number of fused-ring (bicyclic) bond motifs is 1. The number of hydrogen-bond acceptors (Lipinski definition) is 5. The van der Waals surface area contributed by atoms with Gasteiger partial charge in [0.15, 0.2) is 10.9 Å². The zero-order chi connectivity index (χ0) is 24.4. The Balaban J connectivity index is 1.68. The number of thioether (sulfide) groups is 1. The Morgan fingerprint density at radius 1 is 1.18 bits per heavy atom. The van der Waals surface area contributed by atoms with E-state index in [9.17, 15) is 9.59 Å². The van der Waals surface area contributed by atoms with E-state index >= 15 is 0 Å². The molecule has 7 heteroatoms. The van der Waals surface area contributed by atoms with Crippen molar-refractivity contribution < 1.29 is 4.79 Å². The van der Waals surface area contributed by atoms with Gasteiger partial charge in [-0.1, -0.05) is 54.6 Å². The number of aromatic nitrogens is 3. The van der Waals surface area contributed by atoms with Crippen molar-refractivity contribution in [3.05, 3.63) is 81.2 Å². The van der Waals surface area contributed by atoms with Gasteiger partial charge in [0.05, 0.1) is 11.1 Å². The molecule has 3 aromatic heterocycles. The van der Waals surface area contributed by atoms with Gasteiger partial charge < -0.3 is 4.57 Å². The van der Waals surface area contributed by atoms with Gasteiger partial charge >= 0.3 is 0 Å². The van der Waals surface area contributed by atoms with Crippen LogP contribution in [0.5, 0.6) is 0 Å². The van der Waals surface area contributed by atoms with Gasteiger partial charge in [0.25, 0.3) is 5.56 Å². The van der Waals surface area contributed by atoms with Gasteiger partial charge in [-0.05, 0) is 38.8 Å². The smallest absolute Gasteiger partial charge is 0.263 e. The second-order valence-electron chi connectivity index (χ2n) is 8.44. The topological polar surface area (TPSA) is 56.9 Å². The summed E-state index contributed by atoms with van der Waals surface area (Å²) < 4.78 is 3.81. The lowest BCUT2D eigenvalue weighted by Crippen LogP contribution is -2.23. The molecular formula is C27H29N3O2S2. The Hall–Kier alpha value is -2.90. The van der Waals surface area contributed by atoms with Crippen molar-refractivity contribution in [3.63, 3.8) is 0 Å². The number of carbonyl (C=O) groups is 1. The van der Waals surface area contributed by atoms with Crippen LogP contribution < -0.4 is 5.56 Å². The maximum absolute atomic E-state index is 13.5. The van der Waals surface area contributed by atoms with Crippen LogP contribution in [0.25, 0.3) is 21.3 Å². The number of allylic oxidation sites excluding steroid dienone is 1. The number of carbonyl (C=O) groups excluding carboxylic acids is 1. The predicted octanol–water partition coefficient (Wildman–Crippen LogP) is 6.42. The highest BCUT2D eigenvalue weighted by Gasteiger charge is 2.20. The van der Waals surface area contributed by atoms with Crippen molar-refractivity contribution in [2.24, 2.45) is 0 Å². The number of nitrogens with zero attached hydrogens (tertiary/aromatic N) is 3. The number of hydrogen-bond donors (Lipinski definition) is 0. The molecular weight excluding hydrogens is 462 g/mol. The molecule has 0 saturated heterocycles. The summed E-state index contributed by atoms with van der Waals surface area (Å²) in [7, 11) is 0. The summed E-state index contributed by atoms with van der Waals surface area (Å²) in [6.45, 7) is 13.3. The first-order valence-corrected chi connectivity index (χ1v) is 13.2. The van der Waals surface area contributed by atoms with Crippen molar-refractivity contribution in [1.29, 1.82) is 0 Å². The fourth-order valence-corrected chi connectivity index (χ4v) is 6.09. The van der Waals surface area contributed by atoms with Crippen molar-refractivity contribution in [1.82, 2.24) is 14.1 Å². The molecule has 0 unspecified atom stereocenters. The van der Waals surface area contributed by atoms with E-state index < -0.39 is 0 Å². The largest absolute Gasteiger partial charge is 0.348 e. The number of benzene rings is 1. The number of ketones is 1. The van der Waals surface area contributed by atoms with E-state index in [-0.39, 0.29) is 17.1 Å². The monoisotopic (exact) mass is 491 g/mol. The molecule has 3 heterocycles. The Labute approximate surface area is 208 Å². The third-order valence-corrected chi connectivity index (χ3v) is 7.84. The molecule has 4 rings (SSSR count). The molecule has 0 spiro atoms. The lowest BCUT2D eigenvalue weighted by atomic mass is 10.1. The highest BCUT2D eigenvalue weighted by Crippen LogP contribution is 2.32. The van der Waals surface area contributed by atoms with Crippen LogP contribution in [0.2, 0.25) is 0 Å². The van der Waals surface area contributed by atoms with E-state index in [1.54, 1.807) is 10.6 Å². The molecule has 0 fully saturated rings. The maximum atomic E-state index is 13.5. The average molecular weight is 492 g/mol. The third-order valence-electron chi connectivity index (χ3n) is 5.99. The molecule has 4 aromatic rings. The summed E-state index contributed by atoms with van der Waals surface area (Å²) in [6, 6.07) is 10.1. The van der Waals surface area contributed by atoms with Crippen LogP contribution in [0, 0.1) is 20.8 Å². The molecule has 0 amide bonds. The van der Waals surface area contributed by atoms with Gasteiger partial charge in [-0.25, -0.2) is 4.98 Å². The fourth-order valence-electron chi connectivity index (χ4n) is 4.21. The molecule has 0 saturated carbocycles. The van der Waals surface area contributed by atoms with Gasteiger partial charge in [0.2, 0.25) is 0 Å². The third kappa shape index (κ3) is 4.55. The molecule has 1 aromatic carbocycles. The van der Waals surface area contributed by atoms with E-state index in [0.29, 0.717) is 21.9 Å². The van der Waals surface area contributed by atoms with Crippen LogP contribution in [0.1, 0.15) is 40.7 Å². The summed E-state index contributed by atoms with van der Waals surface area (Å²) in [4.78, 5) is 32.1. The number of thiophene rings is 1. The summed E-state index contributed by atoms with van der Waals surface area (Å²) in [6.07, 6.45) is 2.71. The van der Waals surface area contributed by atoms with E-state index in [1.807, 2.05) is 56.5 Å². The van der Waals surface area contributed by atoms with Crippen LogP contribution in [-0.2, 0) is 13.1 Å². The van der Waals surface area contributed by atoms with Gasteiger partial charge in [-0.15, -0.1) is 17.9 Å². The molecule has 0 N–H and O–H groups in total. The molecule has 0 radical (unpaired) electrons. The summed E-state index contributed by atoms with van der Waals surface area (Å²) in [5, 5.41) is 3.16. The van der Waals surface area contributed by atoms with E-state index in [1.165, 1.54) is 28.7 Å². The maximum Gasteiger partial charge on any atom is 0.263 e. The molecule has 0 aliphatic rings. The van der Waals surface area contributed by atoms with Crippen molar-refractivity contribution in [2.75, 3.05) is 5.75 Å². The number of aryl methyl sites for hydroxylation is 2. The Bertz CT molecular complexity index is 1430.